The summed E-state index contributed by atoms with van der Waals surface area (Å²) in [6, 6.07) is 5.73. The summed E-state index contributed by atoms with van der Waals surface area (Å²) in [7, 11) is 0. The first kappa shape index (κ1) is 25.2. The van der Waals surface area contributed by atoms with Gasteiger partial charge in [-0.25, -0.2) is 4.98 Å². The number of rotatable bonds is 1. The van der Waals surface area contributed by atoms with Gasteiger partial charge in [0.15, 0.2) is 5.82 Å². The standard InChI is InChI=1S/C10H20.C8H7N3.CH3.Ir.H2O/c1-6-7(2)9(4)10(5)8(6)3;1-2-4-9-7(3-1)8-10-5-6-11-8;;;/h6-10H,1-5H3;1-6H,(H,10,11);1H3;;1H2/q;;-1;;. The summed E-state index contributed by atoms with van der Waals surface area (Å²) in [5.41, 5.74) is 0.873. The monoisotopic (exact) mass is 511 g/mol. The molecule has 139 valence electrons. The Hall–Kier alpha value is -1.03. The van der Waals surface area contributed by atoms with Crippen LogP contribution in [0.3, 0.4) is 0 Å². The number of nitrogens with one attached hydrogen (secondary N) is 1. The zero-order chi connectivity index (χ0) is 15.4. The second-order valence-corrected chi connectivity index (χ2v) is 6.45. The van der Waals surface area contributed by atoms with Crippen LogP contribution in [-0.4, -0.2) is 20.4 Å². The number of hydrogen-bond donors (Lipinski definition) is 1. The maximum atomic E-state index is 4.13. The van der Waals surface area contributed by atoms with Gasteiger partial charge < -0.3 is 17.9 Å². The number of pyridine rings is 1. The van der Waals surface area contributed by atoms with Gasteiger partial charge in [-0.2, -0.15) is 0 Å². The van der Waals surface area contributed by atoms with E-state index in [0.717, 1.165) is 41.1 Å². The van der Waals surface area contributed by atoms with Crippen LogP contribution in [0.1, 0.15) is 34.6 Å². The van der Waals surface area contributed by atoms with Crippen molar-refractivity contribution in [3.63, 3.8) is 0 Å². The van der Waals surface area contributed by atoms with Gasteiger partial charge in [-0.1, -0.05) is 40.7 Å². The van der Waals surface area contributed by atoms with Gasteiger partial charge >= 0.3 is 0 Å². The Labute approximate surface area is 160 Å². The first-order valence-electron chi connectivity index (χ1n) is 7.93. The van der Waals surface area contributed by atoms with E-state index in [1.165, 1.54) is 0 Å². The molecule has 2 heterocycles. The predicted octanol–water partition coefficient (Wildman–Crippen LogP) is 4.28. The van der Waals surface area contributed by atoms with Gasteiger partial charge in [0.2, 0.25) is 0 Å². The number of H-pyrrole nitrogens is 1. The minimum atomic E-state index is 0. The van der Waals surface area contributed by atoms with E-state index in [0.29, 0.717) is 0 Å². The average molecular weight is 511 g/mol. The molecule has 0 unspecified atom stereocenters. The summed E-state index contributed by atoms with van der Waals surface area (Å²) >= 11 is 0. The smallest absolute Gasteiger partial charge is 0.155 e. The van der Waals surface area contributed by atoms with Crippen molar-refractivity contribution < 1.29 is 25.6 Å². The molecule has 3 rings (SSSR count). The van der Waals surface area contributed by atoms with Gasteiger partial charge in [-0.05, 0) is 41.7 Å². The van der Waals surface area contributed by atoms with E-state index in [1.807, 2.05) is 18.2 Å². The van der Waals surface area contributed by atoms with Gasteiger partial charge in [-0.15, -0.1) is 0 Å². The van der Waals surface area contributed by atoms with Crippen LogP contribution in [0.25, 0.3) is 11.5 Å². The Morgan fingerprint density at radius 1 is 0.792 bits per heavy atom. The summed E-state index contributed by atoms with van der Waals surface area (Å²) in [4.78, 5) is 11.2. The number of imidazole rings is 1. The fourth-order valence-corrected chi connectivity index (χ4v) is 3.30. The van der Waals surface area contributed by atoms with Crippen LogP contribution < -0.4 is 0 Å². The average Bonchev–Trinajstić information content (AvgIpc) is 3.11. The van der Waals surface area contributed by atoms with Crippen LogP contribution in [0.2, 0.25) is 0 Å². The van der Waals surface area contributed by atoms with Crippen molar-refractivity contribution in [2.24, 2.45) is 29.6 Å². The number of aromatic amines is 1. The van der Waals surface area contributed by atoms with Crippen molar-refractivity contribution in [3.05, 3.63) is 44.2 Å². The summed E-state index contributed by atoms with van der Waals surface area (Å²) in [5, 5.41) is 0. The first-order chi connectivity index (χ1) is 10.0. The molecule has 0 atom stereocenters. The molecule has 0 amide bonds. The molecular formula is C19H32IrN3O-. The molecule has 0 aromatic carbocycles. The number of aromatic nitrogens is 3. The quantitative estimate of drug-likeness (QED) is 0.582. The van der Waals surface area contributed by atoms with Crippen LogP contribution in [0.15, 0.2) is 36.8 Å². The van der Waals surface area contributed by atoms with E-state index >= 15 is 0 Å². The van der Waals surface area contributed by atoms with Crippen molar-refractivity contribution in [2.75, 3.05) is 0 Å². The molecule has 2 aromatic heterocycles. The zero-order valence-corrected chi connectivity index (χ0v) is 18.0. The Kier molecular flexibility index (Phi) is 12.1. The Balaban J connectivity index is 0. The van der Waals surface area contributed by atoms with E-state index in [1.54, 1.807) is 18.6 Å². The topological polar surface area (TPSA) is 73.1 Å². The van der Waals surface area contributed by atoms with Crippen LogP contribution in [0.4, 0.5) is 0 Å². The van der Waals surface area contributed by atoms with Gasteiger partial charge in [0.1, 0.15) is 5.69 Å². The predicted molar refractivity (Wildman–Crippen MR) is 97.7 cm³/mol. The second-order valence-electron chi connectivity index (χ2n) is 6.45. The Bertz CT molecular complexity index is 488. The van der Waals surface area contributed by atoms with E-state index in [2.05, 4.69) is 49.6 Å². The van der Waals surface area contributed by atoms with Crippen LogP contribution in [0, 0.1) is 37.0 Å². The van der Waals surface area contributed by atoms with Crippen molar-refractivity contribution in [1.29, 1.82) is 0 Å². The van der Waals surface area contributed by atoms with Gasteiger partial charge in [0, 0.05) is 38.7 Å². The Morgan fingerprint density at radius 2 is 1.29 bits per heavy atom. The summed E-state index contributed by atoms with van der Waals surface area (Å²) < 4.78 is 0. The SMILES string of the molecule is CC1C(C)C(C)C(C)C1C.O.[CH3-].[Ir].c1ccc(-c2ncc[nH]2)nc1. The van der Waals surface area contributed by atoms with E-state index < -0.39 is 0 Å². The van der Waals surface area contributed by atoms with Crippen molar-refractivity contribution >= 4 is 0 Å². The fourth-order valence-electron chi connectivity index (χ4n) is 3.30. The van der Waals surface area contributed by atoms with Gasteiger partial charge in [-0.3, -0.25) is 4.98 Å². The van der Waals surface area contributed by atoms with Crippen LogP contribution >= 0.6 is 0 Å². The molecule has 1 aliphatic rings. The molecule has 1 radical (unpaired) electrons. The van der Waals surface area contributed by atoms with Crippen molar-refractivity contribution in [3.8, 4) is 11.5 Å². The van der Waals surface area contributed by atoms with E-state index in [-0.39, 0.29) is 33.0 Å². The molecule has 0 bridgehead atoms. The third-order valence-corrected chi connectivity index (χ3v) is 5.55. The van der Waals surface area contributed by atoms with Crippen LogP contribution in [0.5, 0.6) is 0 Å². The summed E-state index contributed by atoms with van der Waals surface area (Å²) in [6.07, 6.45) is 5.24. The van der Waals surface area contributed by atoms with Crippen molar-refractivity contribution in [1.82, 2.24) is 15.0 Å². The largest absolute Gasteiger partial charge is 0.412 e. The first-order valence-corrected chi connectivity index (χ1v) is 7.93. The van der Waals surface area contributed by atoms with E-state index in [9.17, 15) is 0 Å². The zero-order valence-electron chi connectivity index (χ0n) is 15.6. The van der Waals surface area contributed by atoms with E-state index in [4.69, 9.17) is 0 Å². The second kappa shape index (κ2) is 11.5. The van der Waals surface area contributed by atoms with Crippen LogP contribution in [-0.2, 0) is 20.1 Å². The molecule has 0 saturated heterocycles. The maximum Gasteiger partial charge on any atom is 0.155 e. The molecule has 3 N–H and O–H groups in total. The number of nitrogens with zero attached hydrogens (tertiary/aromatic N) is 2. The normalized spacial score (nSPS) is 27.6. The molecule has 4 nitrogen and oxygen atoms in total. The molecule has 24 heavy (non-hydrogen) atoms. The maximum absolute atomic E-state index is 4.13. The molecular weight excluding hydrogens is 478 g/mol. The molecule has 0 aliphatic heterocycles. The molecule has 0 spiro atoms. The number of hydrogen-bond acceptors (Lipinski definition) is 2. The molecule has 2 aromatic rings. The van der Waals surface area contributed by atoms with Gasteiger partial charge in [0.25, 0.3) is 0 Å². The van der Waals surface area contributed by atoms with Gasteiger partial charge in [0.05, 0.1) is 0 Å². The molecule has 1 saturated carbocycles. The third kappa shape index (κ3) is 5.80. The summed E-state index contributed by atoms with van der Waals surface area (Å²) in [6.45, 7) is 12.0. The Morgan fingerprint density at radius 3 is 1.62 bits per heavy atom. The third-order valence-electron chi connectivity index (χ3n) is 5.55. The van der Waals surface area contributed by atoms with Crippen molar-refractivity contribution in [2.45, 2.75) is 34.6 Å². The molecule has 1 aliphatic carbocycles. The minimum absolute atomic E-state index is 0. The fraction of sp³-hybridized carbons (Fsp3) is 0.526. The summed E-state index contributed by atoms with van der Waals surface area (Å²) in [5.74, 6) is 5.49. The molecule has 1 fully saturated rings. The minimum Gasteiger partial charge on any atom is -0.412 e. The molecule has 5 heteroatoms.